The van der Waals surface area contributed by atoms with E-state index in [2.05, 4.69) is 22.4 Å². The summed E-state index contributed by atoms with van der Waals surface area (Å²) in [5, 5.41) is 21.7. The van der Waals surface area contributed by atoms with Crippen LogP contribution < -0.4 is 5.32 Å². The second kappa shape index (κ2) is 9.99. The van der Waals surface area contributed by atoms with Crippen molar-refractivity contribution in [3.63, 3.8) is 0 Å². The number of anilines is 1. The molecule has 0 saturated carbocycles. The minimum atomic E-state index is -0.483. The van der Waals surface area contributed by atoms with Gasteiger partial charge in [-0.05, 0) is 49.6 Å². The predicted octanol–water partition coefficient (Wildman–Crippen LogP) is 5.22. The van der Waals surface area contributed by atoms with Gasteiger partial charge in [0.25, 0.3) is 5.91 Å². The number of carbonyl (C=O) groups excluding carboxylic acids is 1. The number of amides is 1. The number of aromatic nitrogens is 3. The maximum Gasteiger partial charge on any atom is 0.268 e. The topological polar surface area (TPSA) is 83.6 Å². The largest absolute Gasteiger partial charge is 0.317 e. The fourth-order valence-corrected chi connectivity index (χ4v) is 4.07. The van der Waals surface area contributed by atoms with E-state index in [0.717, 1.165) is 53.2 Å². The number of nitriles is 1. The number of unbranched alkanes of at least 4 members (excludes halogenated alkanes) is 2. The Balaban J connectivity index is 1.80. The summed E-state index contributed by atoms with van der Waals surface area (Å²) in [6.45, 7) is 6.24. The SMILES string of the molecule is CCCCCc1nnc(NC(=O)/C(C#N)=C\c2cccn2-c2c(C)cccc2C)s1. The minimum absolute atomic E-state index is 0.0175. The lowest BCUT2D eigenvalue weighted by Crippen LogP contribution is -2.13. The zero-order valence-corrected chi connectivity index (χ0v) is 18.3. The Hall–Kier alpha value is -3.24. The number of carbonyl (C=O) groups is 1. The van der Waals surface area contributed by atoms with Gasteiger partial charge >= 0.3 is 0 Å². The average molecular weight is 420 g/mol. The zero-order chi connectivity index (χ0) is 21.5. The highest BCUT2D eigenvalue weighted by molar-refractivity contribution is 7.15. The van der Waals surface area contributed by atoms with Gasteiger partial charge in [-0.3, -0.25) is 10.1 Å². The smallest absolute Gasteiger partial charge is 0.268 e. The lowest BCUT2D eigenvalue weighted by Gasteiger charge is -2.13. The fourth-order valence-electron chi connectivity index (χ4n) is 3.29. The molecule has 7 heteroatoms. The molecule has 0 fully saturated rings. The summed E-state index contributed by atoms with van der Waals surface area (Å²) < 4.78 is 1.99. The molecule has 30 heavy (non-hydrogen) atoms. The van der Waals surface area contributed by atoms with E-state index in [9.17, 15) is 10.1 Å². The van der Waals surface area contributed by atoms with E-state index < -0.39 is 5.91 Å². The van der Waals surface area contributed by atoms with Crippen LogP contribution in [0.25, 0.3) is 11.8 Å². The molecule has 3 rings (SSSR count). The molecule has 6 nitrogen and oxygen atoms in total. The van der Waals surface area contributed by atoms with E-state index >= 15 is 0 Å². The molecule has 0 aliphatic heterocycles. The van der Waals surface area contributed by atoms with E-state index in [1.54, 1.807) is 6.08 Å². The highest BCUT2D eigenvalue weighted by Crippen LogP contribution is 2.23. The fraction of sp³-hybridized carbons (Fsp3) is 0.304. The van der Waals surface area contributed by atoms with Gasteiger partial charge in [0.2, 0.25) is 5.13 Å². The number of nitrogens with one attached hydrogen (secondary N) is 1. The van der Waals surface area contributed by atoms with E-state index in [0.29, 0.717) is 5.13 Å². The number of benzene rings is 1. The summed E-state index contributed by atoms with van der Waals surface area (Å²) in [6, 6.07) is 11.9. The first-order valence-electron chi connectivity index (χ1n) is 10.0. The van der Waals surface area contributed by atoms with Crippen molar-refractivity contribution in [2.24, 2.45) is 0 Å². The van der Waals surface area contributed by atoms with Crippen molar-refractivity contribution < 1.29 is 4.79 Å². The highest BCUT2D eigenvalue weighted by atomic mass is 32.1. The number of rotatable bonds is 8. The molecule has 0 saturated heterocycles. The van der Waals surface area contributed by atoms with Crippen LogP contribution in [0.3, 0.4) is 0 Å². The van der Waals surface area contributed by atoms with Crippen LogP contribution in [-0.2, 0) is 11.2 Å². The van der Waals surface area contributed by atoms with Gasteiger partial charge in [-0.25, -0.2) is 0 Å². The third kappa shape index (κ3) is 5.02. The number of para-hydroxylation sites is 1. The summed E-state index contributed by atoms with van der Waals surface area (Å²) in [6.07, 6.45) is 7.72. The number of hydrogen-bond donors (Lipinski definition) is 1. The molecule has 0 atom stereocenters. The van der Waals surface area contributed by atoms with Crippen molar-refractivity contribution in [2.45, 2.75) is 46.5 Å². The molecular formula is C23H25N5OS. The van der Waals surface area contributed by atoms with Gasteiger partial charge < -0.3 is 4.57 Å². The third-order valence-electron chi connectivity index (χ3n) is 4.80. The maximum absolute atomic E-state index is 12.6. The van der Waals surface area contributed by atoms with Crippen LogP contribution in [0, 0.1) is 25.2 Å². The molecule has 1 amide bonds. The summed E-state index contributed by atoms with van der Waals surface area (Å²) in [4.78, 5) is 12.6. The first-order valence-corrected chi connectivity index (χ1v) is 10.8. The second-order valence-electron chi connectivity index (χ2n) is 7.13. The molecule has 1 N–H and O–H groups in total. The van der Waals surface area contributed by atoms with E-state index in [-0.39, 0.29) is 5.57 Å². The molecule has 0 aliphatic rings. The second-order valence-corrected chi connectivity index (χ2v) is 8.19. The molecule has 3 aromatic rings. The van der Waals surface area contributed by atoms with Gasteiger partial charge in [-0.1, -0.05) is 49.3 Å². The Kier molecular flexibility index (Phi) is 7.15. The van der Waals surface area contributed by atoms with Gasteiger partial charge in [-0.15, -0.1) is 10.2 Å². The normalized spacial score (nSPS) is 11.3. The molecule has 154 valence electrons. The molecule has 0 spiro atoms. The lowest BCUT2D eigenvalue weighted by molar-refractivity contribution is -0.112. The summed E-state index contributed by atoms with van der Waals surface area (Å²) in [7, 11) is 0. The van der Waals surface area contributed by atoms with Gasteiger partial charge in [0, 0.05) is 18.3 Å². The maximum atomic E-state index is 12.6. The Morgan fingerprint density at radius 1 is 1.20 bits per heavy atom. The monoisotopic (exact) mass is 419 g/mol. The van der Waals surface area contributed by atoms with Crippen LogP contribution in [0.15, 0.2) is 42.1 Å². The lowest BCUT2D eigenvalue weighted by atomic mass is 10.1. The quantitative estimate of drug-likeness (QED) is 0.308. The van der Waals surface area contributed by atoms with Crippen molar-refractivity contribution in [3.05, 3.63) is 63.9 Å². The number of nitrogens with zero attached hydrogens (tertiary/aromatic N) is 4. The van der Waals surface area contributed by atoms with Crippen LogP contribution >= 0.6 is 11.3 Å². The summed E-state index contributed by atoms with van der Waals surface area (Å²) in [5.74, 6) is -0.483. The molecule has 0 radical (unpaired) electrons. The number of hydrogen-bond acceptors (Lipinski definition) is 5. The van der Waals surface area contributed by atoms with E-state index in [1.165, 1.54) is 11.3 Å². The molecule has 0 bridgehead atoms. The Morgan fingerprint density at radius 2 is 1.97 bits per heavy atom. The first kappa shape index (κ1) is 21.5. The van der Waals surface area contributed by atoms with Gasteiger partial charge in [-0.2, -0.15) is 5.26 Å². The number of aryl methyl sites for hydroxylation is 3. The third-order valence-corrected chi connectivity index (χ3v) is 5.70. The first-order chi connectivity index (χ1) is 14.5. The van der Waals surface area contributed by atoms with Crippen molar-refractivity contribution in [1.29, 1.82) is 5.26 Å². The van der Waals surface area contributed by atoms with Gasteiger partial charge in [0.05, 0.1) is 5.69 Å². The summed E-state index contributed by atoms with van der Waals surface area (Å²) >= 11 is 1.36. The average Bonchev–Trinajstić information content (AvgIpc) is 3.36. The van der Waals surface area contributed by atoms with Crippen molar-refractivity contribution in [1.82, 2.24) is 14.8 Å². The van der Waals surface area contributed by atoms with E-state index in [1.807, 2.05) is 61.0 Å². The van der Waals surface area contributed by atoms with Crippen molar-refractivity contribution in [2.75, 3.05) is 5.32 Å². The standard InChI is InChI=1S/C23H25N5OS/c1-4-5-6-12-20-26-27-23(30-20)25-22(29)18(15-24)14-19-11-8-13-28(19)21-16(2)9-7-10-17(21)3/h7-11,13-14H,4-6,12H2,1-3H3,(H,25,27,29)/b18-14-. The van der Waals surface area contributed by atoms with E-state index in [4.69, 9.17) is 0 Å². The van der Waals surface area contributed by atoms with Crippen molar-refractivity contribution in [3.8, 4) is 11.8 Å². The predicted molar refractivity (Wildman–Crippen MR) is 121 cm³/mol. The van der Waals surface area contributed by atoms with Gasteiger partial charge in [0.1, 0.15) is 16.6 Å². The minimum Gasteiger partial charge on any atom is -0.317 e. The Morgan fingerprint density at radius 3 is 2.67 bits per heavy atom. The zero-order valence-electron chi connectivity index (χ0n) is 17.5. The molecular weight excluding hydrogens is 394 g/mol. The van der Waals surface area contributed by atoms with Crippen LogP contribution in [0.5, 0.6) is 0 Å². The van der Waals surface area contributed by atoms with Crippen LogP contribution in [-0.4, -0.2) is 20.7 Å². The van der Waals surface area contributed by atoms with Crippen LogP contribution in [0.2, 0.25) is 0 Å². The molecule has 0 unspecified atom stereocenters. The molecule has 2 aromatic heterocycles. The molecule has 0 aliphatic carbocycles. The Labute approximate surface area is 180 Å². The van der Waals surface area contributed by atoms with Crippen molar-refractivity contribution >= 4 is 28.5 Å². The Bertz CT molecular complexity index is 1080. The highest BCUT2D eigenvalue weighted by Gasteiger charge is 2.15. The molecule has 2 heterocycles. The van der Waals surface area contributed by atoms with Crippen LogP contribution in [0.1, 0.15) is 48.0 Å². The van der Waals surface area contributed by atoms with Crippen LogP contribution in [0.4, 0.5) is 5.13 Å². The van der Waals surface area contributed by atoms with Gasteiger partial charge in [0.15, 0.2) is 0 Å². The molecule has 1 aromatic carbocycles. The summed E-state index contributed by atoms with van der Waals surface area (Å²) in [5.41, 5.74) is 4.06.